The summed E-state index contributed by atoms with van der Waals surface area (Å²) in [7, 11) is 0. The molecule has 0 aliphatic carbocycles. The fourth-order valence-corrected chi connectivity index (χ4v) is 1.55. The molecule has 88 valence electrons. The summed E-state index contributed by atoms with van der Waals surface area (Å²) in [5.41, 5.74) is 0.513. The maximum Gasteiger partial charge on any atom is 0.303 e. The minimum atomic E-state index is -0.906. The second kappa shape index (κ2) is 4.25. The summed E-state index contributed by atoms with van der Waals surface area (Å²) in [5.74, 6) is -0.390. The number of aliphatic carboxylic acids is 1. The lowest BCUT2D eigenvalue weighted by atomic mass is 10.2. The van der Waals surface area contributed by atoms with Crippen molar-refractivity contribution < 1.29 is 19.2 Å². The van der Waals surface area contributed by atoms with Gasteiger partial charge in [0.2, 0.25) is 0 Å². The normalized spacial score (nSPS) is 10.6. The number of non-ortho nitro benzene ring substituents is 1. The molecule has 0 saturated heterocycles. The van der Waals surface area contributed by atoms with Crippen LogP contribution in [-0.4, -0.2) is 16.0 Å². The Bertz CT molecular complexity index is 587. The van der Waals surface area contributed by atoms with E-state index in [1.54, 1.807) is 6.07 Å². The first kappa shape index (κ1) is 11.1. The van der Waals surface area contributed by atoms with Crippen LogP contribution < -0.4 is 0 Å². The van der Waals surface area contributed by atoms with Crippen molar-refractivity contribution >= 4 is 22.6 Å². The topological polar surface area (TPSA) is 93.6 Å². The molecule has 1 aromatic heterocycles. The smallest absolute Gasteiger partial charge is 0.303 e. The molecule has 0 unspecified atom stereocenters. The highest BCUT2D eigenvalue weighted by atomic mass is 16.6. The fraction of sp³-hybridized carbons (Fsp3) is 0.182. The van der Waals surface area contributed by atoms with Gasteiger partial charge in [-0.05, 0) is 12.1 Å². The molecule has 1 heterocycles. The third-order valence-electron chi connectivity index (χ3n) is 2.35. The quantitative estimate of drug-likeness (QED) is 0.648. The number of benzene rings is 1. The van der Waals surface area contributed by atoms with E-state index in [2.05, 4.69) is 0 Å². The van der Waals surface area contributed by atoms with Crippen LogP contribution in [0.25, 0.3) is 11.0 Å². The van der Waals surface area contributed by atoms with Crippen molar-refractivity contribution in [1.82, 2.24) is 0 Å². The van der Waals surface area contributed by atoms with E-state index in [1.807, 2.05) is 0 Å². The van der Waals surface area contributed by atoms with E-state index in [9.17, 15) is 14.9 Å². The van der Waals surface area contributed by atoms with Crippen LogP contribution in [-0.2, 0) is 11.2 Å². The predicted molar refractivity (Wildman–Crippen MR) is 58.8 cm³/mol. The molecular weight excluding hydrogens is 226 g/mol. The first-order chi connectivity index (χ1) is 8.06. The van der Waals surface area contributed by atoms with Crippen molar-refractivity contribution in [3.63, 3.8) is 0 Å². The first-order valence-electron chi connectivity index (χ1n) is 4.95. The molecule has 6 heteroatoms. The highest BCUT2D eigenvalue weighted by molar-refractivity contribution is 5.80. The van der Waals surface area contributed by atoms with Gasteiger partial charge in [-0.15, -0.1) is 0 Å². The number of hydrogen-bond donors (Lipinski definition) is 1. The Morgan fingerprint density at radius 3 is 2.82 bits per heavy atom. The third kappa shape index (κ3) is 2.41. The predicted octanol–water partition coefficient (Wildman–Crippen LogP) is 2.36. The molecule has 2 aromatic rings. The minimum Gasteiger partial charge on any atom is -0.481 e. The SMILES string of the molecule is O=C(O)CCc1cc2cc([N+](=O)[O-])ccc2o1. The zero-order valence-electron chi connectivity index (χ0n) is 8.75. The van der Waals surface area contributed by atoms with E-state index < -0.39 is 10.9 Å². The second-order valence-electron chi connectivity index (χ2n) is 3.59. The van der Waals surface area contributed by atoms with Crippen LogP contribution in [0.1, 0.15) is 12.2 Å². The molecule has 0 saturated carbocycles. The van der Waals surface area contributed by atoms with Crippen LogP contribution in [0, 0.1) is 10.1 Å². The third-order valence-corrected chi connectivity index (χ3v) is 2.35. The number of carboxylic acid groups (broad SMARTS) is 1. The van der Waals surface area contributed by atoms with Gasteiger partial charge in [-0.1, -0.05) is 0 Å². The van der Waals surface area contributed by atoms with Crippen LogP contribution in [0.15, 0.2) is 28.7 Å². The summed E-state index contributed by atoms with van der Waals surface area (Å²) in [6.45, 7) is 0. The standard InChI is InChI=1S/C11H9NO5/c13-11(14)4-2-9-6-7-5-8(12(15)16)1-3-10(7)17-9/h1,3,5-6H,2,4H2,(H,13,14). The number of carboxylic acids is 1. The van der Waals surface area contributed by atoms with Crippen LogP contribution in [0.3, 0.4) is 0 Å². The number of rotatable bonds is 4. The lowest BCUT2D eigenvalue weighted by molar-refractivity contribution is -0.384. The molecule has 0 aliphatic heterocycles. The van der Waals surface area contributed by atoms with Gasteiger partial charge in [-0.25, -0.2) is 0 Å². The Balaban J connectivity index is 2.30. The molecular formula is C11H9NO5. The number of hydrogen-bond acceptors (Lipinski definition) is 4. The van der Waals surface area contributed by atoms with Gasteiger partial charge in [-0.3, -0.25) is 14.9 Å². The monoisotopic (exact) mass is 235 g/mol. The van der Waals surface area contributed by atoms with E-state index in [1.165, 1.54) is 18.2 Å². The fourth-order valence-electron chi connectivity index (χ4n) is 1.55. The van der Waals surface area contributed by atoms with Crippen LogP contribution >= 0.6 is 0 Å². The average molecular weight is 235 g/mol. The van der Waals surface area contributed by atoms with Gasteiger partial charge in [-0.2, -0.15) is 0 Å². The lowest BCUT2D eigenvalue weighted by Gasteiger charge is -1.90. The molecule has 0 amide bonds. The summed E-state index contributed by atoms with van der Waals surface area (Å²) < 4.78 is 5.37. The lowest BCUT2D eigenvalue weighted by Crippen LogP contribution is -1.95. The van der Waals surface area contributed by atoms with Gasteiger partial charge in [0.1, 0.15) is 11.3 Å². The van der Waals surface area contributed by atoms with Gasteiger partial charge in [0.05, 0.1) is 11.3 Å². The van der Waals surface area contributed by atoms with Crippen LogP contribution in [0.5, 0.6) is 0 Å². The number of fused-ring (bicyclic) bond motifs is 1. The van der Waals surface area contributed by atoms with Crippen LogP contribution in [0.4, 0.5) is 5.69 Å². The van der Waals surface area contributed by atoms with Crippen molar-refractivity contribution in [2.75, 3.05) is 0 Å². The van der Waals surface area contributed by atoms with Crippen molar-refractivity contribution in [1.29, 1.82) is 0 Å². The van der Waals surface area contributed by atoms with Gasteiger partial charge in [0.15, 0.2) is 0 Å². The Kier molecular flexibility index (Phi) is 2.78. The summed E-state index contributed by atoms with van der Waals surface area (Å²) >= 11 is 0. The van der Waals surface area contributed by atoms with E-state index >= 15 is 0 Å². The van der Waals surface area contributed by atoms with Gasteiger partial charge >= 0.3 is 5.97 Å². The maximum atomic E-state index is 10.6. The van der Waals surface area contributed by atoms with Crippen molar-refractivity contribution in [3.8, 4) is 0 Å². The number of nitro benzene ring substituents is 1. The molecule has 0 radical (unpaired) electrons. The Labute approximate surface area is 95.6 Å². The minimum absolute atomic E-state index is 0.0110. The number of nitro groups is 1. The van der Waals surface area contributed by atoms with E-state index in [0.29, 0.717) is 16.7 Å². The molecule has 1 N–H and O–H groups in total. The first-order valence-corrected chi connectivity index (χ1v) is 4.95. The van der Waals surface area contributed by atoms with Gasteiger partial charge in [0.25, 0.3) is 5.69 Å². The van der Waals surface area contributed by atoms with Crippen molar-refractivity contribution in [3.05, 3.63) is 40.1 Å². The number of aryl methyl sites for hydroxylation is 1. The van der Waals surface area contributed by atoms with Gasteiger partial charge < -0.3 is 9.52 Å². The maximum absolute atomic E-state index is 10.6. The molecule has 0 fully saturated rings. The van der Waals surface area contributed by atoms with E-state index in [-0.39, 0.29) is 18.5 Å². The highest BCUT2D eigenvalue weighted by Crippen LogP contribution is 2.24. The van der Waals surface area contributed by atoms with E-state index in [0.717, 1.165) is 0 Å². The molecule has 0 bridgehead atoms. The number of carbonyl (C=O) groups is 1. The molecule has 0 spiro atoms. The van der Waals surface area contributed by atoms with Crippen LogP contribution in [0.2, 0.25) is 0 Å². The molecule has 6 nitrogen and oxygen atoms in total. The summed E-state index contributed by atoms with van der Waals surface area (Å²) in [4.78, 5) is 20.5. The molecule has 0 atom stereocenters. The molecule has 0 aliphatic rings. The zero-order valence-corrected chi connectivity index (χ0v) is 8.75. The highest BCUT2D eigenvalue weighted by Gasteiger charge is 2.10. The zero-order chi connectivity index (χ0) is 12.4. The molecule has 1 aromatic carbocycles. The molecule has 17 heavy (non-hydrogen) atoms. The van der Waals surface area contributed by atoms with Gasteiger partial charge in [0, 0.05) is 23.9 Å². The van der Waals surface area contributed by atoms with Crippen molar-refractivity contribution in [2.45, 2.75) is 12.8 Å². The Hall–Kier alpha value is -2.37. The largest absolute Gasteiger partial charge is 0.481 e. The Morgan fingerprint density at radius 1 is 1.41 bits per heavy atom. The summed E-state index contributed by atoms with van der Waals surface area (Å²) in [6.07, 6.45) is 0.250. The average Bonchev–Trinajstić information content (AvgIpc) is 2.67. The summed E-state index contributed by atoms with van der Waals surface area (Å²) in [5, 5.41) is 19.7. The van der Waals surface area contributed by atoms with Crippen molar-refractivity contribution in [2.24, 2.45) is 0 Å². The number of nitrogens with zero attached hydrogens (tertiary/aromatic N) is 1. The second-order valence-corrected chi connectivity index (χ2v) is 3.59. The summed E-state index contributed by atoms with van der Waals surface area (Å²) in [6, 6.07) is 5.90. The molecule has 2 rings (SSSR count). The Morgan fingerprint density at radius 2 is 2.18 bits per heavy atom. The van der Waals surface area contributed by atoms with E-state index in [4.69, 9.17) is 9.52 Å². The number of furan rings is 1.